The van der Waals surface area contributed by atoms with Crippen LogP contribution in [0, 0.1) is 5.41 Å². The van der Waals surface area contributed by atoms with Crippen LogP contribution in [0.15, 0.2) is 72.8 Å². The van der Waals surface area contributed by atoms with Crippen LogP contribution in [-0.4, -0.2) is 37.5 Å². The van der Waals surface area contributed by atoms with Crippen molar-refractivity contribution in [3.8, 4) is 0 Å². The van der Waals surface area contributed by atoms with Gasteiger partial charge in [-0.1, -0.05) is 66.7 Å². The molecule has 1 saturated heterocycles. The lowest BCUT2D eigenvalue weighted by Crippen LogP contribution is -2.35. The van der Waals surface area contributed by atoms with Crippen LogP contribution < -0.4 is 0 Å². The maximum absolute atomic E-state index is 12.0. The Morgan fingerprint density at radius 2 is 1.55 bits per heavy atom. The van der Waals surface area contributed by atoms with Gasteiger partial charge in [0, 0.05) is 0 Å². The number of esters is 1. The van der Waals surface area contributed by atoms with Gasteiger partial charge in [-0.15, -0.1) is 0 Å². The zero-order chi connectivity index (χ0) is 22.1. The average molecular weight is 425 g/mol. The molecular formula is C26H32O5. The second kappa shape index (κ2) is 11.2. The van der Waals surface area contributed by atoms with E-state index in [0.717, 1.165) is 11.1 Å². The Morgan fingerprint density at radius 1 is 1.00 bits per heavy atom. The number of carbonyl (C=O) groups is 1. The molecule has 0 bridgehead atoms. The van der Waals surface area contributed by atoms with E-state index in [-0.39, 0.29) is 30.9 Å². The second-order valence-electron chi connectivity index (χ2n) is 8.67. The van der Waals surface area contributed by atoms with Gasteiger partial charge in [0.25, 0.3) is 0 Å². The van der Waals surface area contributed by atoms with Gasteiger partial charge in [0.15, 0.2) is 0 Å². The Bertz CT molecular complexity index is 822. The summed E-state index contributed by atoms with van der Waals surface area (Å²) in [6.45, 7) is 7.28. The van der Waals surface area contributed by atoms with E-state index in [4.69, 9.17) is 18.9 Å². The minimum Gasteiger partial charge on any atom is -0.461 e. The van der Waals surface area contributed by atoms with Gasteiger partial charge in [-0.25, -0.2) is 0 Å². The third kappa shape index (κ3) is 7.94. The van der Waals surface area contributed by atoms with Crippen LogP contribution in [0.1, 0.15) is 31.9 Å². The molecule has 0 radical (unpaired) electrons. The molecule has 31 heavy (non-hydrogen) atoms. The van der Waals surface area contributed by atoms with Crippen molar-refractivity contribution in [3.63, 3.8) is 0 Å². The summed E-state index contributed by atoms with van der Waals surface area (Å²) in [5.74, 6) is -0.235. The van der Waals surface area contributed by atoms with Crippen molar-refractivity contribution in [2.75, 3.05) is 13.2 Å². The fourth-order valence-electron chi connectivity index (χ4n) is 2.98. The minimum absolute atomic E-state index is 0.00809. The Balaban J connectivity index is 1.64. The first-order valence-electron chi connectivity index (χ1n) is 10.7. The molecule has 1 aliphatic heterocycles. The summed E-state index contributed by atoms with van der Waals surface area (Å²) in [5, 5.41) is 0. The molecule has 0 saturated carbocycles. The molecule has 0 aromatic heterocycles. The van der Waals surface area contributed by atoms with Crippen molar-refractivity contribution in [1.82, 2.24) is 0 Å². The summed E-state index contributed by atoms with van der Waals surface area (Å²) in [4.78, 5) is 12.0. The Morgan fingerprint density at radius 3 is 2.06 bits per heavy atom. The van der Waals surface area contributed by atoms with Crippen LogP contribution in [0.3, 0.4) is 0 Å². The van der Waals surface area contributed by atoms with Crippen molar-refractivity contribution in [3.05, 3.63) is 83.9 Å². The lowest BCUT2D eigenvalue weighted by Gasteiger charge is -2.24. The van der Waals surface area contributed by atoms with Gasteiger partial charge in [0.05, 0.1) is 25.2 Å². The van der Waals surface area contributed by atoms with E-state index in [1.165, 1.54) is 0 Å². The van der Waals surface area contributed by atoms with Crippen LogP contribution in [0.2, 0.25) is 0 Å². The van der Waals surface area contributed by atoms with Crippen molar-refractivity contribution in [2.45, 2.75) is 52.3 Å². The van der Waals surface area contributed by atoms with Crippen LogP contribution in [0.5, 0.6) is 0 Å². The molecule has 2 aromatic carbocycles. The molecule has 2 aromatic rings. The van der Waals surface area contributed by atoms with Gasteiger partial charge in [0.1, 0.15) is 24.9 Å². The van der Waals surface area contributed by atoms with E-state index in [1.54, 1.807) is 0 Å². The number of rotatable bonds is 11. The quantitative estimate of drug-likeness (QED) is 0.297. The number of benzene rings is 2. The van der Waals surface area contributed by atoms with Crippen molar-refractivity contribution in [1.29, 1.82) is 0 Å². The summed E-state index contributed by atoms with van der Waals surface area (Å²) in [7, 11) is 0. The first-order chi connectivity index (χ1) is 14.9. The molecule has 0 unspecified atom stereocenters. The summed E-state index contributed by atoms with van der Waals surface area (Å²) >= 11 is 0. The number of carbonyl (C=O) groups excluding carboxylic acids is 1. The van der Waals surface area contributed by atoms with Gasteiger partial charge >= 0.3 is 5.97 Å². The van der Waals surface area contributed by atoms with Gasteiger partial charge in [-0.3, -0.25) is 4.79 Å². The lowest BCUT2D eigenvalue weighted by atomic mass is 9.97. The van der Waals surface area contributed by atoms with Crippen molar-refractivity contribution in [2.24, 2.45) is 5.41 Å². The largest absolute Gasteiger partial charge is 0.461 e. The van der Waals surface area contributed by atoms with E-state index in [1.807, 2.05) is 93.6 Å². The molecule has 0 spiro atoms. The smallest absolute Gasteiger partial charge is 0.311 e. The van der Waals surface area contributed by atoms with E-state index in [9.17, 15) is 4.79 Å². The van der Waals surface area contributed by atoms with Gasteiger partial charge in [0.2, 0.25) is 0 Å². The molecule has 1 heterocycles. The van der Waals surface area contributed by atoms with E-state index >= 15 is 0 Å². The zero-order valence-corrected chi connectivity index (χ0v) is 18.5. The minimum atomic E-state index is -0.528. The highest BCUT2D eigenvalue weighted by atomic mass is 16.6. The average Bonchev–Trinajstić information content (AvgIpc) is 3.60. The highest BCUT2D eigenvalue weighted by Crippen LogP contribution is 2.25. The van der Waals surface area contributed by atoms with Gasteiger partial charge < -0.3 is 18.9 Å². The summed E-state index contributed by atoms with van der Waals surface area (Å²) < 4.78 is 23.4. The third-order valence-electron chi connectivity index (χ3n) is 4.87. The van der Waals surface area contributed by atoms with E-state index < -0.39 is 5.41 Å². The number of hydrogen-bond donors (Lipinski definition) is 0. The summed E-state index contributed by atoms with van der Waals surface area (Å²) in [6, 6.07) is 20.1. The lowest BCUT2D eigenvalue weighted by molar-refractivity contribution is -0.151. The Labute approximate surface area is 185 Å². The number of hydrogen-bond acceptors (Lipinski definition) is 5. The highest BCUT2D eigenvalue weighted by molar-refractivity contribution is 5.75. The molecule has 5 heteroatoms. The first kappa shape index (κ1) is 23.2. The SMILES string of the molecule is CC(C)(C)C(=O)OC/C=C/[C@@H](OCc1ccccc1)[C@H](OCc1ccccc1)[C@H]1CO1. The molecule has 5 nitrogen and oxygen atoms in total. The number of epoxide rings is 1. The van der Waals surface area contributed by atoms with E-state index in [2.05, 4.69) is 0 Å². The molecule has 1 fully saturated rings. The number of ether oxygens (including phenoxy) is 4. The van der Waals surface area contributed by atoms with Crippen molar-refractivity contribution >= 4 is 5.97 Å². The van der Waals surface area contributed by atoms with Crippen LogP contribution in [0.25, 0.3) is 0 Å². The van der Waals surface area contributed by atoms with Crippen LogP contribution in [-0.2, 0) is 37.0 Å². The molecule has 166 valence electrons. The second-order valence-corrected chi connectivity index (χ2v) is 8.67. The molecule has 3 atom stereocenters. The van der Waals surface area contributed by atoms with Crippen LogP contribution >= 0.6 is 0 Å². The topological polar surface area (TPSA) is 57.3 Å². The predicted octanol–water partition coefficient (Wildman–Crippen LogP) is 4.70. The van der Waals surface area contributed by atoms with Gasteiger partial charge in [-0.05, 0) is 38.0 Å². The highest BCUT2D eigenvalue weighted by Gasteiger charge is 2.39. The fraction of sp³-hybridized carbons (Fsp3) is 0.423. The fourth-order valence-corrected chi connectivity index (χ4v) is 2.98. The standard InChI is InChI=1S/C26H32O5/c1-26(2,3)25(27)28-16-10-15-22(29-17-20-11-6-4-7-12-20)24(23-19-30-23)31-18-21-13-8-5-9-14-21/h4-15,22-24H,16-19H2,1-3H3/b15-10+/t22-,23-,24+/m1/s1. The molecule has 1 aliphatic rings. The molecule has 0 amide bonds. The molecular weight excluding hydrogens is 392 g/mol. The zero-order valence-electron chi connectivity index (χ0n) is 18.5. The van der Waals surface area contributed by atoms with Gasteiger partial charge in [-0.2, -0.15) is 0 Å². The molecule has 0 aliphatic carbocycles. The summed E-state index contributed by atoms with van der Waals surface area (Å²) in [5.41, 5.74) is 1.65. The van der Waals surface area contributed by atoms with E-state index in [0.29, 0.717) is 19.8 Å². The van der Waals surface area contributed by atoms with Crippen LogP contribution in [0.4, 0.5) is 0 Å². The van der Waals surface area contributed by atoms with Crippen molar-refractivity contribution < 1.29 is 23.7 Å². The first-order valence-corrected chi connectivity index (χ1v) is 10.7. The third-order valence-corrected chi connectivity index (χ3v) is 4.87. The molecule has 3 rings (SSSR count). The maximum atomic E-state index is 12.0. The molecule has 0 N–H and O–H groups in total. The Hall–Kier alpha value is -2.47. The normalized spacial score (nSPS) is 18.0. The predicted molar refractivity (Wildman–Crippen MR) is 119 cm³/mol. The monoisotopic (exact) mass is 424 g/mol. The Kier molecular flexibility index (Phi) is 8.41. The summed E-state index contributed by atoms with van der Waals surface area (Å²) in [6.07, 6.45) is 3.14. The maximum Gasteiger partial charge on any atom is 0.311 e.